The molecule has 1 saturated heterocycles. The summed E-state index contributed by atoms with van der Waals surface area (Å²) >= 11 is 0. The topological polar surface area (TPSA) is 46.6 Å². The molecule has 1 heterocycles. The van der Waals surface area contributed by atoms with E-state index in [4.69, 9.17) is 4.74 Å². The van der Waals surface area contributed by atoms with Gasteiger partial charge in [-0.15, -0.1) is 0 Å². The average Bonchev–Trinajstić information content (AvgIpc) is 2.49. The van der Waals surface area contributed by atoms with Crippen LogP contribution >= 0.6 is 0 Å². The maximum atomic E-state index is 12.2. The molecular formula is C17H23NO3. The maximum absolute atomic E-state index is 12.2. The first-order valence-corrected chi connectivity index (χ1v) is 7.59. The molecule has 21 heavy (non-hydrogen) atoms. The van der Waals surface area contributed by atoms with Gasteiger partial charge in [0.05, 0.1) is 19.1 Å². The molecule has 0 spiro atoms. The zero-order valence-electron chi connectivity index (χ0n) is 12.8. The molecule has 0 N–H and O–H groups in total. The number of hydrogen-bond donors (Lipinski definition) is 0. The fourth-order valence-corrected chi connectivity index (χ4v) is 2.62. The number of nitrogens with zero attached hydrogens (tertiary/aromatic N) is 1. The lowest BCUT2D eigenvalue weighted by molar-refractivity contribution is -0.149. The van der Waals surface area contributed by atoms with Gasteiger partial charge in [-0.25, -0.2) is 0 Å². The number of hydrogen-bond acceptors (Lipinski definition) is 4. The highest BCUT2D eigenvalue weighted by Gasteiger charge is 2.26. The summed E-state index contributed by atoms with van der Waals surface area (Å²) in [5.41, 5.74) is 1.91. The van der Waals surface area contributed by atoms with Gasteiger partial charge in [-0.1, -0.05) is 29.8 Å². The van der Waals surface area contributed by atoms with Crippen LogP contribution in [0.3, 0.4) is 0 Å². The van der Waals surface area contributed by atoms with Crippen LogP contribution in [0.15, 0.2) is 24.3 Å². The number of carbonyl (C=O) groups is 2. The van der Waals surface area contributed by atoms with Crippen molar-refractivity contribution in [2.75, 3.05) is 26.2 Å². The van der Waals surface area contributed by atoms with Gasteiger partial charge in [0, 0.05) is 5.56 Å². The number of esters is 1. The van der Waals surface area contributed by atoms with E-state index in [0.29, 0.717) is 13.2 Å². The quantitative estimate of drug-likeness (QED) is 0.617. The molecule has 2 rings (SSSR count). The fraction of sp³-hybridized carbons (Fsp3) is 0.529. The summed E-state index contributed by atoms with van der Waals surface area (Å²) in [6, 6.07) is 7.67. The van der Waals surface area contributed by atoms with E-state index in [1.54, 1.807) is 0 Å². The lowest BCUT2D eigenvalue weighted by Gasteiger charge is -2.30. The zero-order valence-corrected chi connectivity index (χ0v) is 12.8. The highest BCUT2D eigenvalue weighted by molar-refractivity contribution is 5.97. The van der Waals surface area contributed by atoms with Crippen LogP contribution in [-0.2, 0) is 9.53 Å². The summed E-state index contributed by atoms with van der Waals surface area (Å²) in [4.78, 5) is 26.0. The van der Waals surface area contributed by atoms with Crippen molar-refractivity contribution in [1.82, 2.24) is 4.90 Å². The van der Waals surface area contributed by atoms with Gasteiger partial charge in [-0.2, -0.15) is 0 Å². The van der Waals surface area contributed by atoms with Gasteiger partial charge in [0.2, 0.25) is 0 Å². The first-order chi connectivity index (χ1) is 10.1. The lowest BCUT2D eigenvalue weighted by atomic mass is 9.96. The Bertz CT molecular complexity index is 487. The number of piperidine rings is 1. The van der Waals surface area contributed by atoms with Gasteiger partial charge in [-0.3, -0.25) is 14.5 Å². The Labute approximate surface area is 126 Å². The average molecular weight is 289 g/mol. The second kappa shape index (κ2) is 7.36. The Morgan fingerprint density at radius 3 is 2.38 bits per heavy atom. The Hall–Kier alpha value is -1.68. The Morgan fingerprint density at radius 2 is 1.81 bits per heavy atom. The van der Waals surface area contributed by atoms with E-state index in [-0.39, 0.29) is 17.7 Å². The second-order valence-electron chi connectivity index (χ2n) is 5.59. The van der Waals surface area contributed by atoms with E-state index in [0.717, 1.165) is 37.1 Å². The van der Waals surface area contributed by atoms with Crippen molar-refractivity contribution < 1.29 is 14.3 Å². The standard InChI is InChI=1S/C17H23NO3/c1-3-21-17(20)15-8-10-18(11-9-15)12-16(19)14-6-4-13(2)5-7-14/h4-7,15H,3,8-12H2,1-2H3. The summed E-state index contributed by atoms with van der Waals surface area (Å²) in [5, 5.41) is 0. The van der Waals surface area contributed by atoms with Gasteiger partial charge < -0.3 is 4.74 Å². The number of rotatable bonds is 5. The zero-order chi connectivity index (χ0) is 15.2. The normalized spacial score (nSPS) is 16.7. The fourth-order valence-electron chi connectivity index (χ4n) is 2.62. The molecule has 0 radical (unpaired) electrons. The molecule has 1 aliphatic heterocycles. The van der Waals surface area contributed by atoms with E-state index in [9.17, 15) is 9.59 Å². The van der Waals surface area contributed by atoms with Crippen molar-refractivity contribution in [3.05, 3.63) is 35.4 Å². The molecule has 0 bridgehead atoms. The van der Waals surface area contributed by atoms with E-state index in [1.807, 2.05) is 38.1 Å². The molecular weight excluding hydrogens is 266 g/mol. The number of ketones is 1. The van der Waals surface area contributed by atoms with Crippen LogP contribution in [0.4, 0.5) is 0 Å². The van der Waals surface area contributed by atoms with Crippen LogP contribution in [0.5, 0.6) is 0 Å². The molecule has 1 aromatic rings. The van der Waals surface area contributed by atoms with Crippen LogP contribution in [0, 0.1) is 12.8 Å². The minimum atomic E-state index is -0.0954. The lowest BCUT2D eigenvalue weighted by Crippen LogP contribution is -2.39. The molecule has 1 aliphatic rings. The molecule has 4 nitrogen and oxygen atoms in total. The van der Waals surface area contributed by atoms with Crippen LogP contribution < -0.4 is 0 Å². The van der Waals surface area contributed by atoms with Crippen LogP contribution in [0.2, 0.25) is 0 Å². The summed E-state index contributed by atoms with van der Waals surface area (Å²) in [6.07, 6.45) is 1.56. The number of Topliss-reactive ketones (excluding diaryl/α,β-unsaturated/α-hetero) is 1. The molecule has 0 aliphatic carbocycles. The van der Waals surface area contributed by atoms with Gasteiger partial charge >= 0.3 is 5.97 Å². The molecule has 0 aromatic heterocycles. The molecule has 1 fully saturated rings. The highest BCUT2D eigenvalue weighted by atomic mass is 16.5. The first-order valence-electron chi connectivity index (χ1n) is 7.59. The predicted molar refractivity (Wildman–Crippen MR) is 81.3 cm³/mol. The third-order valence-corrected chi connectivity index (χ3v) is 3.95. The molecule has 114 valence electrons. The SMILES string of the molecule is CCOC(=O)C1CCN(CC(=O)c2ccc(C)cc2)CC1. The van der Waals surface area contributed by atoms with Gasteiger partial charge in [0.15, 0.2) is 5.78 Å². The van der Waals surface area contributed by atoms with Gasteiger partial charge in [-0.05, 0) is 39.8 Å². The maximum Gasteiger partial charge on any atom is 0.309 e. The number of carbonyl (C=O) groups excluding carboxylic acids is 2. The molecule has 0 saturated carbocycles. The number of likely N-dealkylation sites (tertiary alicyclic amines) is 1. The summed E-state index contributed by atoms with van der Waals surface area (Å²) in [5.74, 6) is 0.0438. The monoisotopic (exact) mass is 289 g/mol. The van der Waals surface area contributed by atoms with Crippen molar-refractivity contribution in [3.8, 4) is 0 Å². The van der Waals surface area contributed by atoms with E-state index in [2.05, 4.69) is 4.90 Å². The summed E-state index contributed by atoms with van der Waals surface area (Å²) < 4.78 is 5.05. The predicted octanol–water partition coefficient (Wildman–Crippen LogP) is 2.45. The number of benzene rings is 1. The molecule has 0 amide bonds. The van der Waals surface area contributed by atoms with Crippen LogP contribution in [0.1, 0.15) is 35.7 Å². The minimum absolute atomic E-state index is 0.00400. The van der Waals surface area contributed by atoms with Crippen molar-refractivity contribution in [2.24, 2.45) is 5.92 Å². The second-order valence-corrected chi connectivity index (χ2v) is 5.59. The van der Waals surface area contributed by atoms with Crippen molar-refractivity contribution in [1.29, 1.82) is 0 Å². The number of aryl methyl sites for hydroxylation is 1. The smallest absolute Gasteiger partial charge is 0.309 e. The van der Waals surface area contributed by atoms with Crippen molar-refractivity contribution >= 4 is 11.8 Å². The summed E-state index contributed by atoms with van der Waals surface area (Å²) in [7, 11) is 0. The Balaban J connectivity index is 1.82. The van der Waals surface area contributed by atoms with Gasteiger partial charge in [0.25, 0.3) is 0 Å². The molecule has 0 unspecified atom stereocenters. The van der Waals surface area contributed by atoms with Crippen molar-refractivity contribution in [3.63, 3.8) is 0 Å². The Morgan fingerprint density at radius 1 is 1.19 bits per heavy atom. The third-order valence-electron chi connectivity index (χ3n) is 3.95. The minimum Gasteiger partial charge on any atom is -0.466 e. The van der Waals surface area contributed by atoms with Crippen LogP contribution in [0.25, 0.3) is 0 Å². The van der Waals surface area contributed by atoms with Crippen LogP contribution in [-0.4, -0.2) is 42.9 Å². The first kappa shape index (κ1) is 15.7. The third kappa shape index (κ3) is 4.39. The van der Waals surface area contributed by atoms with Gasteiger partial charge in [0.1, 0.15) is 0 Å². The van der Waals surface area contributed by atoms with E-state index >= 15 is 0 Å². The number of ether oxygens (including phenoxy) is 1. The highest BCUT2D eigenvalue weighted by Crippen LogP contribution is 2.19. The molecule has 1 aromatic carbocycles. The summed E-state index contributed by atoms with van der Waals surface area (Å²) in [6.45, 7) is 6.26. The molecule has 4 heteroatoms. The van der Waals surface area contributed by atoms with E-state index in [1.165, 1.54) is 0 Å². The van der Waals surface area contributed by atoms with Crippen molar-refractivity contribution in [2.45, 2.75) is 26.7 Å². The Kier molecular flexibility index (Phi) is 5.51. The largest absolute Gasteiger partial charge is 0.466 e. The van der Waals surface area contributed by atoms with E-state index < -0.39 is 0 Å². The molecule has 0 atom stereocenters.